The van der Waals surface area contributed by atoms with Gasteiger partial charge in [-0.05, 0) is 70.0 Å². The fraction of sp³-hybridized carbons (Fsp3) is 0.308. The Hall–Kier alpha value is -4.01. The van der Waals surface area contributed by atoms with E-state index in [-0.39, 0.29) is 17.8 Å². The number of aromatic amines is 1. The summed E-state index contributed by atoms with van der Waals surface area (Å²) < 4.78 is 19.0. The summed E-state index contributed by atoms with van der Waals surface area (Å²) in [6.45, 7) is 7.54. The topological polar surface area (TPSA) is 100 Å². The number of fused-ring (bicyclic) bond motifs is 1. The lowest BCUT2D eigenvalue weighted by Crippen LogP contribution is -2.39. The largest absolute Gasteiger partial charge is 0.443 e. The quantitative estimate of drug-likeness (QED) is 0.566. The summed E-state index contributed by atoms with van der Waals surface area (Å²) >= 11 is 0. The summed E-state index contributed by atoms with van der Waals surface area (Å²) in [5, 5.41) is 10.2. The number of ether oxygens (including phenoxy) is 1. The molecule has 0 fully saturated rings. The molecule has 0 radical (unpaired) electrons. The zero-order valence-electron chi connectivity index (χ0n) is 20.1. The number of rotatable bonds is 4. The zero-order chi connectivity index (χ0) is 25.2. The Kier molecular flexibility index (Phi) is 6.68. The van der Waals surface area contributed by atoms with Crippen LogP contribution in [0.4, 0.5) is 9.18 Å². The van der Waals surface area contributed by atoms with Crippen LogP contribution in [-0.2, 0) is 11.2 Å². The van der Waals surface area contributed by atoms with E-state index < -0.39 is 11.7 Å². The van der Waals surface area contributed by atoms with E-state index in [1.165, 1.54) is 17.0 Å². The van der Waals surface area contributed by atoms with E-state index in [0.29, 0.717) is 41.2 Å². The van der Waals surface area contributed by atoms with Gasteiger partial charge in [0.2, 0.25) is 0 Å². The van der Waals surface area contributed by atoms with Crippen LogP contribution in [0.5, 0.6) is 0 Å². The summed E-state index contributed by atoms with van der Waals surface area (Å²) in [6, 6.07) is 11.1. The maximum absolute atomic E-state index is 13.4. The number of pyridine rings is 1. The number of hydrogen-bond donors (Lipinski definition) is 2. The summed E-state index contributed by atoms with van der Waals surface area (Å²) in [4.78, 5) is 31.9. The highest BCUT2D eigenvalue weighted by Gasteiger charge is 2.34. The van der Waals surface area contributed by atoms with E-state index in [2.05, 4.69) is 20.5 Å². The highest BCUT2D eigenvalue weighted by Crippen LogP contribution is 2.32. The number of aromatic nitrogens is 3. The van der Waals surface area contributed by atoms with Crippen LogP contribution in [0.25, 0.3) is 11.8 Å². The Morgan fingerprint density at radius 1 is 1.20 bits per heavy atom. The van der Waals surface area contributed by atoms with Crippen LogP contribution < -0.4 is 5.32 Å². The lowest BCUT2D eigenvalue weighted by Gasteiger charge is -2.31. The minimum Gasteiger partial charge on any atom is -0.443 e. The van der Waals surface area contributed by atoms with Crippen molar-refractivity contribution in [1.82, 2.24) is 25.4 Å². The average Bonchev–Trinajstić information content (AvgIpc) is 3.25. The molecule has 1 aromatic carbocycles. The van der Waals surface area contributed by atoms with E-state index in [9.17, 15) is 14.0 Å². The van der Waals surface area contributed by atoms with Gasteiger partial charge in [-0.1, -0.05) is 18.2 Å². The van der Waals surface area contributed by atoms with Crippen molar-refractivity contribution in [1.29, 1.82) is 0 Å². The van der Waals surface area contributed by atoms with E-state index >= 15 is 0 Å². The third-order valence-corrected chi connectivity index (χ3v) is 5.48. The molecule has 0 aliphatic carbocycles. The molecule has 1 unspecified atom stereocenters. The number of halogens is 1. The lowest BCUT2D eigenvalue weighted by molar-refractivity contribution is 0.0351. The Labute approximate surface area is 203 Å². The molecule has 1 aliphatic heterocycles. The van der Waals surface area contributed by atoms with Gasteiger partial charge in [0.15, 0.2) is 0 Å². The minimum absolute atomic E-state index is 0.296. The normalized spacial score (nSPS) is 15.5. The number of carbonyl (C=O) groups excluding carboxylic acids is 2. The molecule has 0 saturated carbocycles. The van der Waals surface area contributed by atoms with Gasteiger partial charge in [0.05, 0.1) is 17.4 Å². The fourth-order valence-electron chi connectivity index (χ4n) is 3.82. The number of benzene rings is 1. The number of nitrogens with one attached hydrogen (secondary N) is 2. The predicted molar refractivity (Wildman–Crippen MR) is 130 cm³/mol. The molecule has 3 heterocycles. The monoisotopic (exact) mass is 477 g/mol. The number of H-pyrrole nitrogens is 1. The molecule has 9 heteroatoms. The van der Waals surface area contributed by atoms with Gasteiger partial charge in [0.1, 0.15) is 22.8 Å². The first-order valence-electron chi connectivity index (χ1n) is 11.4. The van der Waals surface area contributed by atoms with Crippen molar-refractivity contribution >= 4 is 23.8 Å². The van der Waals surface area contributed by atoms with Crippen LogP contribution in [0.3, 0.4) is 0 Å². The third-order valence-electron chi connectivity index (χ3n) is 5.48. The number of carbonyl (C=O) groups is 2. The molecule has 3 aromatic rings. The summed E-state index contributed by atoms with van der Waals surface area (Å²) in [6.07, 6.45) is 3.30. The summed E-state index contributed by atoms with van der Waals surface area (Å²) in [5.41, 5.74) is 2.71. The molecule has 2 aromatic heterocycles. The standard InChI is InChI=1S/C26H28FN5O3/c1-16(20-7-5-6-13-28-20)29-24(33)23-19-12-14-32(25(34)35-26(2,3)4)21(22(19)30-31-23)15-17-8-10-18(27)11-9-17/h5-11,13,15-16H,12,14H2,1-4H3,(H,29,33)(H,30,31). The lowest BCUT2D eigenvalue weighted by atomic mass is 9.99. The van der Waals surface area contributed by atoms with Crippen molar-refractivity contribution < 1.29 is 18.7 Å². The van der Waals surface area contributed by atoms with Crippen molar-refractivity contribution in [3.05, 3.63) is 82.7 Å². The van der Waals surface area contributed by atoms with Gasteiger partial charge in [-0.3, -0.25) is 19.8 Å². The Morgan fingerprint density at radius 2 is 1.94 bits per heavy atom. The van der Waals surface area contributed by atoms with E-state index in [0.717, 1.165) is 5.69 Å². The first-order valence-corrected chi connectivity index (χ1v) is 11.4. The molecule has 8 nitrogen and oxygen atoms in total. The van der Waals surface area contributed by atoms with Crippen LogP contribution in [0.2, 0.25) is 0 Å². The van der Waals surface area contributed by atoms with Gasteiger partial charge in [-0.15, -0.1) is 0 Å². The molecule has 1 atom stereocenters. The number of hydrogen-bond acceptors (Lipinski definition) is 5. The van der Waals surface area contributed by atoms with E-state index in [4.69, 9.17) is 4.74 Å². The van der Waals surface area contributed by atoms with Crippen LogP contribution in [0.15, 0.2) is 48.7 Å². The second kappa shape index (κ2) is 9.69. The SMILES string of the molecule is CC(NC(=O)c1[nH]nc2c1CCN(C(=O)OC(C)(C)C)C2=Cc1ccc(F)cc1)c1ccccn1. The highest BCUT2D eigenvalue weighted by atomic mass is 19.1. The van der Waals surface area contributed by atoms with Gasteiger partial charge in [-0.2, -0.15) is 5.10 Å². The highest BCUT2D eigenvalue weighted by molar-refractivity contribution is 5.98. The van der Waals surface area contributed by atoms with Gasteiger partial charge >= 0.3 is 6.09 Å². The zero-order valence-corrected chi connectivity index (χ0v) is 20.1. The van der Waals surface area contributed by atoms with Gasteiger partial charge in [0.25, 0.3) is 5.91 Å². The molecule has 1 aliphatic rings. The van der Waals surface area contributed by atoms with Crippen LogP contribution in [-0.4, -0.2) is 44.2 Å². The minimum atomic E-state index is -0.684. The third kappa shape index (κ3) is 5.56. The van der Waals surface area contributed by atoms with Crippen molar-refractivity contribution in [2.75, 3.05) is 6.54 Å². The van der Waals surface area contributed by atoms with Crippen molar-refractivity contribution in [2.24, 2.45) is 0 Å². The smallest absolute Gasteiger partial charge is 0.414 e. The molecular formula is C26H28FN5O3. The van der Waals surface area contributed by atoms with Crippen LogP contribution in [0, 0.1) is 5.82 Å². The van der Waals surface area contributed by atoms with Gasteiger partial charge in [-0.25, -0.2) is 9.18 Å². The molecule has 0 bridgehead atoms. The van der Waals surface area contributed by atoms with Gasteiger partial charge in [0, 0.05) is 18.3 Å². The van der Waals surface area contributed by atoms with E-state index in [1.54, 1.807) is 45.2 Å². The second-order valence-electron chi connectivity index (χ2n) is 9.34. The Balaban J connectivity index is 1.67. The molecular weight excluding hydrogens is 449 g/mol. The maximum Gasteiger partial charge on any atom is 0.414 e. The van der Waals surface area contributed by atoms with Crippen molar-refractivity contribution in [3.8, 4) is 0 Å². The van der Waals surface area contributed by atoms with Crippen molar-refractivity contribution in [3.63, 3.8) is 0 Å². The van der Waals surface area contributed by atoms with E-state index in [1.807, 2.05) is 25.1 Å². The Bertz CT molecular complexity index is 1250. The summed E-state index contributed by atoms with van der Waals surface area (Å²) in [5.74, 6) is -0.676. The molecule has 0 saturated heterocycles. The average molecular weight is 478 g/mol. The first kappa shape index (κ1) is 24.1. The van der Waals surface area contributed by atoms with Gasteiger partial charge < -0.3 is 10.1 Å². The summed E-state index contributed by atoms with van der Waals surface area (Å²) in [7, 11) is 0. The molecule has 0 spiro atoms. The number of nitrogens with zero attached hydrogens (tertiary/aromatic N) is 3. The predicted octanol–water partition coefficient (Wildman–Crippen LogP) is 4.73. The molecule has 2 amide bonds. The Morgan fingerprint density at radius 3 is 2.60 bits per heavy atom. The van der Waals surface area contributed by atoms with Crippen LogP contribution in [0.1, 0.15) is 66.7 Å². The molecule has 35 heavy (non-hydrogen) atoms. The van der Waals surface area contributed by atoms with Crippen molar-refractivity contribution in [2.45, 2.75) is 45.8 Å². The maximum atomic E-state index is 13.4. The molecule has 182 valence electrons. The molecule has 2 N–H and O–H groups in total. The number of amides is 2. The second-order valence-corrected chi connectivity index (χ2v) is 9.34. The van der Waals surface area contributed by atoms with Crippen LogP contribution >= 0.6 is 0 Å². The first-order chi connectivity index (χ1) is 16.6. The molecule has 4 rings (SSSR count). The fourth-order valence-corrected chi connectivity index (χ4v) is 3.82.